The van der Waals surface area contributed by atoms with E-state index in [1.54, 1.807) is 0 Å². The van der Waals surface area contributed by atoms with E-state index in [1.165, 1.54) is 24.0 Å². The van der Waals surface area contributed by atoms with Crippen LogP contribution in [0.4, 0.5) is 23.4 Å². The first-order chi connectivity index (χ1) is 14.1. The van der Waals surface area contributed by atoms with Crippen LogP contribution in [0.3, 0.4) is 0 Å². The zero-order valence-corrected chi connectivity index (χ0v) is 16.7. The maximum atomic E-state index is 14.1. The van der Waals surface area contributed by atoms with Gasteiger partial charge in [0.2, 0.25) is 5.91 Å². The van der Waals surface area contributed by atoms with Gasteiger partial charge in [-0.25, -0.2) is 9.37 Å². The summed E-state index contributed by atoms with van der Waals surface area (Å²) in [7, 11) is 1.00. The predicted molar refractivity (Wildman–Crippen MR) is 101 cm³/mol. The second kappa shape index (κ2) is 9.40. The minimum absolute atomic E-state index is 0.0474. The van der Waals surface area contributed by atoms with Gasteiger partial charge in [0, 0.05) is 19.9 Å². The molecule has 162 valence electrons. The number of hydrogen-bond donors (Lipinski definition) is 1. The Balaban J connectivity index is 0.00000155. The maximum Gasteiger partial charge on any atom is 0.416 e. The van der Waals surface area contributed by atoms with E-state index in [1.807, 2.05) is 0 Å². The van der Waals surface area contributed by atoms with Crippen molar-refractivity contribution in [2.24, 2.45) is 0 Å². The van der Waals surface area contributed by atoms with Crippen molar-refractivity contribution in [2.45, 2.75) is 25.7 Å². The molecule has 1 fully saturated rings. The lowest BCUT2D eigenvalue weighted by atomic mass is 10.1. The molecule has 2 heterocycles. The number of nitrogens with zero attached hydrogens (tertiary/aromatic N) is 3. The van der Waals surface area contributed by atoms with Crippen molar-refractivity contribution in [1.29, 1.82) is 0 Å². The molecule has 2 aromatic rings. The number of aliphatic hydroxyl groups excluding tert-OH is 1. The standard InChI is InChI=1S/C18H14ClF4N3O2.CH4O/c1-10-17(28)26(16-14(20)6-13(19)7-24-16)9-15(27)25(10)8-11-2-4-12(5-3-11)18(21,22)23;1-2/h2-7,10H,8-9H2,1H3;2H,1H3. The number of alkyl halides is 3. The van der Waals surface area contributed by atoms with E-state index in [2.05, 4.69) is 4.98 Å². The topological polar surface area (TPSA) is 73.7 Å². The molecule has 1 N–H and O–H groups in total. The molecule has 0 saturated carbocycles. The van der Waals surface area contributed by atoms with Crippen LogP contribution in [0.2, 0.25) is 5.02 Å². The van der Waals surface area contributed by atoms with E-state index in [4.69, 9.17) is 16.7 Å². The zero-order valence-electron chi connectivity index (χ0n) is 16.0. The molecule has 0 bridgehead atoms. The summed E-state index contributed by atoms with van der Waals surface area (Å²) in [6.07, 6.45) is -3.30. The Morgan fingerprint density at radius 2 is 1.80 bits per heavy atom. The van der Waals surface area contributed by atoms with Crippen molar-refractivity contribution < 1.29 is 32.3 Å². The number of rotatable bonds is 3. The van der Waals surface area contributed by atoms with Crippen LogP contribution in [-0.2, 0) is 22.3 Å². The van der Waals surface area contributed by atoms with Gasteiger partial charge < -0.3 is 10.0 Å². The molecule has 6 nitrogen and oxygen atoms in total. The quantitative estimate of drug-likeness (QED) is 0.733. The van der Waals surface area contributed by atoms with Crippen molar-refractivity contribution in [3.63, 3.8) is 0 Å². The lowest BCUT2D eigenvalue weighted by Crippen LogP contribution is -2.59. The van der Waals surface area contributed by atoms with Crippen LogP contribution in [0.15, 0.2) is 36.5 Å². The SMILES string of the molecule is CC1C(=O)N(c2ncc(Cl)cc2F)CC(=O)N1Cc1ccc(C(F)(F)F)cc1.CO. The van der Waals surface area contributed by atoms with Crippen LogP contribution in [0.1, 0.15) is 18.1 Å². The third-order valence-electron chi connectivity index (χ3n) is 4.38. The van der Waals surface area contributed by atoms with Crippen LogP contribution >= 0.6 is 11.6 Å². The molecule has 1 aliphatic heterocycles. The van der Waals surface area contributed by atoms with Gasteiger partial charge in [-0.3, -0.25) is 14.5 Å². The van der Waals surface area contributed by atoms with E-state index >= 15 is 0 Å². The Morgan fingerprint density at radius 1 is 1.20 bits per heavy atom. The summed E-state index contributed by atoms with van der Waals surface area (Å²) in [6, 6.07) is 4.37. The van der Waals surface area contributed by atoms with E-state index in [9.17, 15) is 27.2 Å². The van der Waals surface area contributed by atoms with E-state index in [0.717, 1.165) is 36.4 Å². The highest BCUT2D eigenvalue weighted by Crippen LogP contribution is 2.30. The van der Waals surface area contributed by atoms with Crippen LogP contribution in [0.5, 0.6) is 0 Å². The third-order valence-corrected chi connectivity index (χ3v) is 4.59. The van der Waals surface area contributed by atoms with Gasteiger partial charge >= 0.3 is 6.18 Å². The fourth-order valence-corrected chi connectivity index (χ4v) is 3.03. The van der Waals surface area contributed by atoms with Gasteiger partial charge in [-0.2, -0.15) is 13.2 Å². The van der Waals surface area contributed by atoms with Crippen molar-refractivity contribution in [2.75, 3.05) is 18.6 Å². The monoisotopic (exact) mass is 447 g/mol. The first-order valence-electron chi connectivity index (χ1n) is 8.60. The van der Waals surface area contributed by atoms with Crippen LogP contribution in [-0.4, -0.2) is 46.5 Å². The first-order valence-corrected chi connectivity index (χ1v) is 8.98. The average Bonchev–Trinajstić information content (AvgIpc) is 2.70. The summed E-state index contributed by atoms with van der Waals surface area (Å²) in [4.78, 5) is 31.1. The number of amides is 2. The van der Waals surface area contributed by atoms with Crippen molar-refractivity contribution in [3.8, 4) is 0 Å². The van der Waals surface area contributed by atoms with Crippen molar-refractivity contribution >= 4 is 29.2 Å². The highest BCUT2D eigenvalue weighted by Gasteiger charge is 2.39. The number of halogens is 5. The molecule has 0 spiro atoms. The molecule has 30 heavy (non-hydrogen) atoms. The van der Waals surface area contributed by atoms with Crippen molar-refractivity contribution in [3.05, 3.63) is 58.5 Å². The molecule has 1 aromatic carbocycles. The Bertz CT molecular complexity index is 922. The Hall–Kier alpha value is -2.72. The van der Waals surface area contributed by atoms with Gasteiger partial charge in [-0.05, 0) is 30.7 Å². The van der Waals surface area contributed by atoms with Gasteiger partial charge in [0.05, 0.1) is 10.6 Å². The number of carbonyl (C=O) groups is 2. The summed E-state index contributed by atoms with van der Waals surface area (Å²) < 4.78 is 52.1. The van der Waals surface area contributed by atoms with Gasteiger partial charge in [-0.1, -0.05) is 23.7 Å². The Morgan fingerprint density at radius 3 is 2.33 bits per heavy atom. The second-order valence-electron chi connectivity index (χ2n) is 6.28. The second-order valence-corrected chi connectivity index (χ2v) is 6.71. The summed E-state index contributed by atoms with van der Waals surface area (Å²) >= 11 is 5.65. The van der Waals surface area contributed by atoms with E-state index in [0.29, 0.717) is 5.56 Å². The lowest BCUT2D eigenvalue weighted by molar-refractivity contribution is -0.143. The molecule has 1 atom stereocenters. The number of aliphatic hydroxyl groups is 1. The number of piperazine rings is 1. The molecule has 3 rings (SSSR count). The third kappa shape index (κ3) is 5.06. The lowest BCUT2D eigenvalue weighted by Gasteiger charge is -2.38. The van der Waals surface area contributed by atoms with Gasteiger partial charge in [-0.15, -0.1) is 0 Å². The minimum atomic E-state index is -4.46. The van der Waals surface area contributed by atoms with Gasteiger partial charge in [0.15, 0.2) is 11.6 Å². The van der Waals surface area contributed by atoms with Gasteiger partial charge in [0.25, 0.3) is 5.91 Å². The summed E-state index contributed by atoms with van der Waals surface area (Å²) in [5.41, 5.74) is -0.369. The van der Waals surface area contributed by atoms with E-state index < -0.39 is 42.0 Å². The fraction of sp³-hybridized carbons (Fsp3) is 0.316. The number of anilines is 1. The number of pyridine rings is 1. The Kier molecular flexibility index (Phi) is 7.38. The fourth-order valence-electron chi connectivity index (χ4n) is 2.89. The van der Waals surface area contributed by atoms with Crippen LogP contribution in [0, 0.1) is 5.82 Å². The Labute approximate surface area is 174 Å². The molecular formula is C19H18ClF4N3O3. The number of aromatic nitrogens is 1. The minimum Gasteiger partial charge on any atom is -0.400 e. The van der Waals surface area contributed by atoms with Crippen LogP contribution in [0.25, 0.3) is 0 Å². The molecule has 2 amide bonds. The number of hydrogen-bond acceptors (Lipinski definition) is 4. The predicted octanol–water partition coefficient (Wildman–Crippen LogP) is 3.27. The highest BCUT2D eigenvalue weighted by molar-refractivity contribution is 6.30. The maximum absolute atomic E-state index is 14.1. The number of benzene rings is 1. The molecule has 1 aromatic heterocycles. The average molecular weight is 448 g/mol. The molecule has 0 aliphatic carbocycles. The van der Waals surface area contributed by atoms with Crippen LogP contribution < -0.4 is 4.90 Å². The van der Waals surface area contributed by atoms with E-state index in [-0.39, 0.29) is 17.4 Å². The smallest absolute Gasteiger partial charge is 0.400 e. The summed E-state index contributed by atoms with van der Waals surface area (Å²) in [5, 5.41) is 7.05. The molecule has 0 radical (unpaired) electrons. The molecule has 11 heteroatoms. The molecule has 1 unspecified atom stereocenters. The first kappa shape index (κ1) is 23.6. The van der Waals surface area contributed by atoms with Crippen molar-refractivity contribution in [1.82, 2.24) is 9.88 Å². The molecule has 1 saturated heterocycles. The largest absolute Gasteiger partial charge is 0.416 e. The molecular weight excluding hydrogens is 430 g/mol. The normalized spacial score (nSPS) is 17.0. The summed E-state index contributed by atoms with van der Waals surface area (Å²) in [5.74, 6) is -2.18. The zero-order chi connectivity index (χ0) is 22.6. The molecule has 1 aliphatic rings. The highest BCUT2D eigenvalue weighted by atomic mass is 35.5. The summed E-state index contributed by atoms with van der Waals surface area (Å²) in [6.45, 7) is 0.980. The van der Waals surface area contributed by atoms with Gasteiger partial charge in [0.1, 0.15) is 12.6 Å². The number of carbonyl (C=O) groups excluding carboxylic acids is 2.